The van der Waals surface area contributed by atoms with Crippen molar-refractivity contribution in [2.24, 2.45) is 0 Å². The lowest BCUT2D eigenvalue weighted by Crippen LogP contribution is -2.12. The van der Waals surface area contributed by atoms with Gasteiger partial charge in [0.05, 0.1) is 19.0 Å². The minimum Gasteiger partial charge on any atom is -0.493 e. The molecule has 0 amide bonds. The van der Waals surface area contributed by atoms with E-state index in [-0.39, 0.29) is 10.7 Å². The predicted molar refractivity (Wildman–Crippen MR) is 86.3 cm³/mol. The molecule has 4 heteroatoms. The van der Waals surface area contributed by atoms with E-state index in [4.69, 9.17) is 16.3 Å². The van der Waals surface area contributed by atoms with Crippen molar-refractivity contribution in [2.45, 2.75) is 39.5 Å². The Morgan fingerprint density at radius 1 is 1.24 bits per heavy atom. The molecule has 0 aliphatic carbocycles. The summed E-state index contributed by atoms with van der Waals surface area (Å²) < 4.78 is 5.33. The second-order valence-corrected chi connectivity index (χ2v) is 6.56. The Morgan fingerprint density at radius 3 is 2.57 bits per heavy atom. The molecule has 3 nitrogen and oxygen atoms in total. The van der Waals surface area contributed by atoms with Crippen LogP contribution in [0.15, 0.2) is 24.4 Å². The number of nitrogens with zero attached hydrogens (tertiary/aromatic N) is 2. The highest BCUT2D eigenvalue weighted by Gasteiger charge is 2.16. The Labute approximate surface area is 131 Å². The molecule has 21 heavy (non-hydrogen) atoms. The van der Waals surface area contributed by atoms with Crippen molar-refractivity contribution in [3.63, 3.8) is 0 Å². The number of aryl methyl sites for hydroxylation is 1. The maximum Gasteiger partial charge on any atom is 0.222 e. The molecule has 0 spiro atoms. The van der Waals surface area contributed by atoms with Crippen molar-refractivity contribution in [2.75, 3.05) is 7.11 Å². The highest BCUT2D eigenvalue weighted by Crippen LogP contribution is 2.27. The van der Waals surface area contributed by atoms with E-state index in [1.54, 1.807) is 13.3 Å². The smallest absolute Gasteiger partial charge is 0.222 e. The lowest BCUT2D eigenvalue weighted by atomic mass is 9.84. The van der Waals surface area contributed by atoms with Crippen molar-refractivity contribution in [3.05, 3.63) is 52.1 Å². The largest absolute Gasteiger partial charge is 0.493 e. The number of halogens is 1. The van der Waals surface area contributed by atoms with E-state index < -0.39 is 0 Å². The molecule has 1 aromatic carbocycles. The van der Waals surface area contributed by atoms with Gasteiger partial charge in [0.25, 0.3) is 0 Å². The van der Waals surface area contributed by atoms with Crippen LogP contribution in [0.25, 0.3) is 0 Å². The van der Waals surface area contributed by atoms with Crippen LogP contribution in [0.2, 0.25) is 5.28 Å². The first-order chi connectivity index (χ1) is 9.81. The van der Waals surface area contributed by atoms with E-state index in [0.29, 0.717) is 12.2 Å². The number of rotatable bonds is 3. The number of hydrogen-bond acceptors (Lipinski definition) is 3. The van der Waals surface area contributed by atoms with Crippen molar-refractivity contribution in [1.29, 1.82) is 0 Å². The predicted octanol–water partition coefficient (Wildman–Crippen LogP) is 4.34. The zero-order chi connectivity index (χ0) is 15.6. The van der Waals surface area contributed by atoms with E-state index in [1.807, 2.05) is 0 Å². The number of hydrogen-bond donors (Lipinski definition) is 0. The molecule has 0 aliphatic heterocycles. The quantitative estimate of drug-likeness (QED) is 0.791. The summed E-state index contributed by atoms with van der Waals surface area (Å²) in [6.45, 7) is 8.74. The molecule has 1 aromatic heterocycles. The van der Waals surface area contributed by atoms with Crippen LogP contribution in [-0.4, -0.2) is 17.1 Å². The van der Waals surface area contributed by atoms with E-state index >= 15 is 0 Å². The van der Waals surface area contributed by atoms with Crippen molar-refractivity contribution >= 4 is 11.6 Å². The minimum atomic E-state index is 0.121. The van der Waals surface area contributed by atoms with Gasteiger partial charge in [-0.3, -0.25) is 0 Å². The van der Waals surface area contributed by atoms with Crippen molar-refractivity contribution in [1.82, 2.24) is 9.97 Å². The zero-order valence-electron chi connectivity index (χ0n) is 13.2. The molecule has 0 saturated carbocycles. The van der Waals surface area contributed by atoms with Gasteiger partial charge in [0, 0.05) is 6.42 Å². The fourth-order valence-corrected chi connectivity index (χ4v) is 2.34. The van der Waals surface area contributed by atoms with Crippen LogP contribution in [0.4, 0.5) is 0 Å². The maximum absolute atomic E-state index is 5.91. The third-order valence-corrected chi connectivity index (χ3v) is 3.78. The molecule has 112 valence electrons. The van der Waals surface area contributed by atoms with Crippen LogP contribution >= 0.6 is 11.6 Å². The third kappa shape index (κ3) is 3.73. The molecular weight excluding hydrogens is 284 g/mol. The zero-order valence-corrected chi connectivity index (χ0v) is 14.0. The summed E-state index contributed by atoms with van der Waals surface area (Å²) in [4.78, 5) is 8.26. The molecule has 0 radical (unpaired) electrons. The first-order valence-corrected chi connectivity index (χ1v) is 7.34. The van der Waals surface area contributed by atoms with Gasteiger partial charge in [0.15, 0.2) is 5.75 Å². The van der Waals surface area contributed by atoms with Crippen molar-refractivity contribution < 1.29 is 4.74 Å². The average molecular weight is 305 g/mol. The lowest BCUT2D eigenvalue weighted by Gasteiger charge is -2.21. The summed E-state index contributed by atoms with van der Waals surface area (Å²) in [5.74, 6) is 0.667. The molecule has 2 aromatic rings. The summed E-state index contributed by atoms with van der Waals surface area (Å²) >= 11 is 5.91. The Hall–Kier alpha value is -1.61. The molecule has 0 fully saturated rings. The van der Waals surface area contributed by atoms with Gasteiger partial charge in [0.2, 0.25) is 5.28 Å². The number of benzene rings is 1. The van der Waals surface area contributed by atoms with E-state index in [2.05, 4.69) is 55.9 Å². The van der Waals surface area contributed by atoms with Crippen molar-refractivity contribution in [3.8, 4) is 5.75 Å². The van der Waals surface area contributed by atoms with Crippen LogP contribution in [-0.2, 0) is 11.8 Å². The second kappa shape index (κ2) is 6.02. The first kappa shape index (κ1) is 15.8. The van der Waals surface area contributed by atoms with Gasteiger partial charge in [0.1, 0.15) is 0 Å². The normalized spacial score (nSPS) is 11.5. The number of aromatic nitrogens is 2. The highest BCUT2D eigenvalue weighted by atomic mass is 35.5. The molecular formula is C17H21ClN2O. The number of methoxy groups -OCH3 is 1. The Balaban J connectivity index is 2.42. The second-order valence-electron chi connectivity index (χ2n) is 6.22. The van der Waals surface area contributed by atoms with Crippen LogP contribution in [0, 0.1) is 6.92 Å². The van der Waals surface area contributed by atoms with Gasteiger partial charge < -0.3 is 4.74 Å². The lowest BCUT2D eigenvalue weighted by molar-refractivity contribution is 0.405. The van der Waals surface area contributed by atoms with Gasteiger partial charge in [-0.15, -0.1) is 0 Å². The van der Waals surface area contributed by atoms with Gasteiger partial charge in [-0.2, -0.15) is 0 Å². The van der Waals surface area contributed by atoms with Gasteiger partial charge in [-0.05, 0) is 40.6 Å². The topological polar surface area (TPSA) is 35.0 Å². The van der Waals surface area contributed by atoms with Crippen LogP contribution in [0.1, 0.15) is 43.2 Å². The molecule has 1 heterocycles. The molecule has 0 atom stereocenters. The minimum absolute atomic E-state index is 0.121. The van der Waals surface area contributed by atoms with Gasteiger partial charge in [-0.25, -0.2) is 9.97 Å². The van der Waals surface area contributed by atoms with E-state index in [9.17, 15) is 0 Å². The maximum atomic E-state index is 5.91. The monoisotopic (exact) mass is 304 g/mol. The Kier molecular flexibility index (Phi) is 4.52. The first-order valence-electron chi connectivity index (χ1n) is 6.96. The number of ether oxygens (including phenoxy) is 1. The van der Waals surface area contributed by atoms with Crippen LogP contribution in [0.3, 0.4) is 0 Å². The fourth-order valence-electron chi connectivity index (χ4n) is 2.19. The molecule has 0 bridgehead atoms. The summed E-state index contributed by atoms with van der Waals surface area (Å²) in [5, 5.41) is 0.246. The molecule has 0 aliphatic rings. The van der Waals surface area contributed by atoms with Gasteiger partial charge >= 0.3 is 0 Å². The molecule has 0 N–H and O–H groups in total. The standard InChI is InChI=1S/C17H21ClN2O/c1-11-6-7-13(17(2,3)4)8-12(11)9-14-15(21-5)10-19-16(18)20-14/h6-8,10H,9H2,1-5H3. The van der Waals surface area contributed by atoms with Crippen LogP contribution < -0.4 is 4.74 Å². The summed E-state index contributed by atoms with van der Waals surface area (Å²) in [7, 11) is 1.62. The molecule has 2 rings (SSSR count). The third-order valence-electron chi connectivity index (χ3n) is 3.59. The van der Waals surface area contributed by atoms with E-state index in [1.165, 1.54) is 16.7 Å². The SMILES string of the molecule is COc1cnc(Cl)nc1Cc1cc(C(C)(C)C)ccc1C. The van der Waals surface area contributed by atoms with Gasteiger partial charge in [-0.1, -0.05) is 39.0 Å². The Morgan fingerprint density at radius 2 is 1.95 bits per heavy atom. The van der Waals surface area contributed by atoms with Crippen LogP contribution in [0.5, 0.6) is 5.75 Å². The Bertz CT molecular complexity index is 648. The summed E-state index contributed by atoms with van der Waals surface area (Å²) in [6.07, 6.45) is 2.30. The summed E-state index contributed by atoms with van der Waals surface area (Å²) in [5.41, 5.74) is 4.71. The highest BCUT2D eigenvalue weighted by molar-refractivity contribution is 6.28. The summed E-state index contributed by atoms with van der Waals surface area (Å²) in [6, 6.07) is 6.58. The average Bonchev–Trinajstić information content (AvgIpc) is 2.40. The molecule has 0 saturated heterocycles. The molecule has 0 unspecified atom stereocenters. The van der Waals surface area contributed by atoms with E-state index in [0.717, 1.165) is 5.69 Å². The fraction of sp³-hybridized carbons (Fsp3) is 0.412.